The number of aliphatic hydroxyl groups excluding tert-OH is 1. The maximum absolute atomic E-state index is 9.45. The van der Waals surface area contributed by atoms with Gasteiger partial charge in [-0.15, -0.1) is 0 Å². The van der Waals surface area contributed by atoms with E-state index in [1.807, 2.05) is 6.07 Å². The van der Waals surface area contributed by atoms with Crippen LogP contribution < -0.4 is 5.73 Å². The van der Waals surface area contributed by atoms with Crippen LogP contribution >= 0.6 is 15.9 Å². The van der Waals surface area contributed by atoms with Gasteiger partial charge in [-0.3, -0.25) is 4.98 Å². The third-order valence-electron chi connectivity index (χ3n) is 1.53. The number of hydrogen-bond acceptors (Lipinski definition) is 3. The van der Waals surface area contributed by atoms with E-state index in [1.54, 1.807) is 12.3 Å². The predicted octanol–water partition coefficient (Wildman–Crippen LogP) is 1.23. The summed E-state index contributed by atoms with van der Waals surface area (Å²) >= 11 is 3.26. The quantitative estimate of drug-likeness (QED) is 0.822. The van der Waals surface area contributed by atoms with Crippen molar-refractivity contribution in [3.05, 3.63) is 28.5 Å². The van der Waals surface area contributed by atoms with Crippen molar-refractivity contribution in [3.63, 3.8) is 0 Å². The van der Waals surface area contributed by atoms with E-state index in [2.05, 4.69) is 20.9 Å². The van der Waals surface area contributed by atoms with Crippen LogP contribution in [-0.4, -0.2) is 16.6 Å². The van der Waals surface area contributed by atoms with Gasteiger partial charge < -0.3 is 10.8 Å². The summed E-state index contributed by atoms with van der Waals surface area (Å²) in [4.78, 5) is 4.04. The zero-order chi connectivity index (χ0) is 8.97. The molecule has 0 radical (unpaired) electrons. The van der Waals surface area contributed by atoms with Crippen molar-refractivity contribution in [2.24, 2.45) is 5.73 Å². The second-order valence-corrected chi connectivity index (χ2v) is 3.41. The zero-order valence-electron chi connectivity index (χ0n) is 6.57. The average Bonchev–Trinajstić information content (AvgIpc) is 2.06. The first kappa shape index (κ1) is 9.64. The molecule has 1 rings (SSSR count). The van der Waals surface area contributed by atoms with Crippen molar-refractivity contribution in [3.8, 4) is 0 Å². The summed E-state index contributed by atoms with van der Waals surface area (Å²) in [6, 6.07) is 3.63. The van der Waals surface area contributed by atoms with Crippen molar-refractivity contribution in [2.45, 2.75) is 12.5 Å². The fourth-order valence-electron chi connectivity index (χ4n) is 0.890. The molecule has 12 heavy (non-hydrogen) atoms. The molecule has 0 unspecified atom stereocenters. The topological polar surface area (TPSA) is 59.1 Å². The molecule has 0 aliphatic carbocycles. The fraction of sp³-hybridized carbons (Fsp3) is 0.375. The van der Waals surface area contributed by atoms with Crippen molar-refractivity contribution >= 4 is 15.9 Å². The second kappa shape index (κ2) is 4.54. The molecule has 66 valence electrons. The SMILES string of the molecule is NCC[C@@H](O)c1ccc(Br)cn1. The molecule has 1 atom stereocenters. The summed E-state index contributed by atoms with van der Waals surface area (Å²) < 4.78 is 0.909. The molecule has 0 amide bonds. The molecule has 0 aliphatic heterocycles. The average molecular weight is 231 g/mol. The van der Waals surface area contributed by atoms with Crippen LogP contribution in [0.1, 0.15) is 18.2 Å². The lowest BCUT2D eigenvalue weighted by molar-refractivity contribution is 0.165. The van der Waals surface area contributed by atoms with Crippen LogP contribution in [0.3, 0.4) is 0 Å². The Morgan fingerprint density at radius 1 is 1.58 bits per heavy atom. The van der Waals surface area contributed by atoms with Gasteiger partial charge in [0.05, 0.1) is 11.8 Å². The highest BCUT2D eigenvalue weighted by atomic mass is 79.9. The molecule has 3 nitrogen and oxygen atoms in total. The number of nitrogens with two attached hydrogens (primary N) is 1. The highest BCUT2D eigenvalue weighted by molar-refractivity contribution is 9.10. The Balaban J connectivity index is 2.68. The van der Waals surface area contributed by atoms with Crippen LogP contribution in [0.25, 0.3) is 0 Å². The standard InChI is InChI=1S/C8H11BrN2O/c9-6-1-2-7(11-5-6)8(12)3-4-10/h1-2,5,8,12H,3-4,10H2/t8-/m1/s1. The molecular formula is C8H11BrN2O. The minimum atomic E-state index is -0.539. The third-order valence-corrected chi connectivity index (χ3v) is 2.00. The van der Waals surface area contributed by atoms with Gasteiger partial charge in [0.2, 0.25) is 0 Å². The van der Waals surface area contributed by atoms with Crippen LogP contribution in [0.15, 0.2) is 22.8 Å². The fourth-order valence-corrected chi connectivity index (χ4v) is 1.12. The molecule has 0 aliphatic rings. The maximum atomic E-state index is 9.45. The second-order valence-electron chi connectivity index (χ2n) is 2.49. The third kappa shape index (κ3) is 2.55. The number of hydrogen-bond donors (Lipinski definition) is 2. The highest BCUT2D eigenvalue weighted by Gasteiger charge is 2.06. The van der Waals surface area contributed by atoms with Gasteiger partial charge in [0.1, 0.15) is 0 Å². The first-order chi connectivity index (χ1) is 5.74. The van der Waals surface area contributed by atoms with E-state index in [9.17, 15) is 5.11 Å². The molecule has 1 aromatic rings. The van der Waals surface area contributed by atoms with Gasteiger partial charge in [-0.05, 0) is 41.0 Å². The summed E-state index contributed by atoms with van der Waals surface area (Å²) in [7, 11) is 0. The van der Waals surface area contributed by atoms with Gasteiger partial charge in [0, 0.05) is 10.7 Å². The number of rotatable bonds is 3. The molecule has 1 aromatic heterocycles. The lowest BCUT2D eigenvalue weighted by Crippen LogP contribution is -2.07. The van der Waals surface area contributed by atoms with Crippen LogP contribution in [-0.2, 0) is 0 Å². The Morgan fingerprint density at radius 2 is 2.33 bits per heavy atom. The molecule has 4 heteroatoms. The highest BCUT2D eigenvalue weighted by Crippen LogP contribution is 2.15. The molecule has 0 aromatic carbocycles. The van der Waals surface area contributed by atoms with Crippen molar-refractivity contribution in [2.75, 3.05) is 6.54 Å². The molecular weight excluding hydrogens is 220 g/mol. The molecule has 0 fully saturated rings. The number of aliphatic hydroxyl groups is 1. The summed E-state index contributed by atoms with van der Waals surface area (Å²) in [5.74, 6) is 0. The normalized spacial score (nSPS) is 12.9. The first-order valence-electron chi connectivity index (χ1n) is 3.73. The Bertz CT molecular complexity index is 237. The van der Waals surface area contributed by atoms with Gasteiger partial charge in [-0.1, -0.05) is 0 Å². The first-order valence-corrected chi connectivity index (χ1v) is 4.53. The van der Waals surface area contributed by atoms with Crippen LogP contribution in [0.2, 0.25) is 0 Å². The van der Waals surface area contributed by atoms with E-state index in [1.165, 1.54) is 0 Å². The summed E-state index contributed by atoms with van der Waals surface area (Å²) in [5.41, 5.74) is 5.97. The Kier molecular flexibility index (Phi) is 3.65. The van der Waals surface area contributed by atoms with Crippen LogP contribution in [0, 0.1) is 0 Å². The Hall–Kier alpha value is -0.450. The summed E-state index contributed by atoms with van der Waals surface area (Å²) in [5, 5.41) is 9.45. The molecule has 1 heterocycles. The van der Waals surface area contributed by atoms with Gasteiger partial charge in [-0.25, -0.2) is 0 Å². The zero-order valence-corrected chi connectivity index (χ0v) is 8.16. The maximum Gasteiger partial charge on any atom is 0.0971 e. The summed E-state index contributed by atoms with van der Waals surface area (Å²) in [6.07, 6.45) is 1.67. The smallest absolute Gasteiger partial charge is 0.0971 e. The van der Waals surface area contributed by atoms with Gasteiger partial charge in [0.15, 0.2) is 0 Å². The molecule has 0 bridgehead atoms. The largest absolute Gasteiger partial charge is 0.387 e. The van der Waals surface area contributed by atoms with Gasteiger partial charge >= 0.3 is 0 Å². The van der Waals surface area contributed by atoms with Gasteiger partial charge in [0.25, 0.3) is 0 Å². The van der Waals surface area contributed by atoms with Crippen LogP contribution in [0.4, 0.5) is 0 Å². The lowest BCUT2D eigenvalue weighted by atomic mass is 10.2. The molecule has 0 saturated heterocycles. The van der Waals surface area contributed by atoms with E-state index >= 15 is 0 Å². The minimum Gasteiger partial charge on any atom is -0.387 e. The number of halogens is 1. The van der Waals surface area contributed by atoms with Crippen molar-refractivity contribution in [1.29, 1.82) is 0 Å². The Morgan fingerprint density at radius 3 is 2.83 bits per heavy atom. The predicted molar refractivity (Wildman–Crippen MR) is 50.6 cm³/mol. The van der Waals surface area contributed by atoms with E-state index in [-0.39, 0.29) is 0 Å². The van der Waals surface area contributed by atoms with E-state index < -0.39 is 6.10 Å². The van der Waals surface area contributed by atoms with Crippen molar-refractivity contribution < 1.29 is 5.11 Å². The van der Waals surface area contributed by atoms with E-state index in [4.69, 9.17) is 5.73 Å². The van der Waals surface area contributed by atoms with Crippen LogP contribution in [0.5, 0.6) is 0 Å². The van der Waals surface area contributed by atoms with Crippen molar-refractivity contribution in [1.82, 2.24) is 4.98 Å². The number of nitrogens with zero attached hydrogens (tertiary/aromatic N) is 1. The number of pyridine rings is 1. The number of aromatic nitrogens is 1. The molecule has 0 saturated carbocycles. The Labute approximate surface area is 79.7 Å². The van der Waals surface area contributed by atoms with E-state index in [0.717, 1.165) is 4.47 Å². The minimum absolute atomic E-state index is 0.471. The summed E-state index contributed by atoms with van der Waals surface area (Å²) in [6.45, 7) is 0.471. The monoisotopic (exact) mass is 230 g/mol. The molecule has 3 N–H and O–H groups in total. The van der Waals surface area contributed by atoms with E-state index in [0.29, 0.717) is 18.7 Å². The lowest BCUT2D eigenvalue weighted by Gasteiger charge is -2.07. The van der Waals surface area contributed by atoms with Gasteiger partial charge in [-0.2, -0.15) is 0 Å². The molecule has 0 spiro atoms.